The maximum Gasteiger partial charge on any atom is 0.0431 e. The highest BCUT2D eigenvalue weighted by Gasteiger charge is 1.92. The molecule has 0 unspecified atom stereocenters. The number of aliphatic hydroxyl groups is 1. The molecule has 1 nitrogen and oxygen atoms in total. The molecule has 0 aliphatic carbocycles. The first-order valence-electron chi connectivity index (χ1n) is 8.16. The van der Waals surface area contributed by atoms with E-state index in [-0.39, 0.29) is 0 Å². The molecule has 0 heterocycles. The van der Waals surface area contributed by atoms with Gasteiger partial charge in [0.25, 0.3) is 0 Å². The van der Waals surface area contributed by atoms with Crippen molar-refractivity contribution in [3.05, 3.63) is 12.2 Å². The predicted molar refractivity (Wildman–Crippen MR) is 85.1 cm³/mol. The number of hydrogen-bond acceptors (Lipinski definition) is 1. The lowest BCUT2D eigenvalue weighted by Gasteiger charge is -2.01. The number of hydrogen-bond donors (Lipinski definition) is 1. The molecular weight excluding hydrogens is 232 g/mol. The highest BCUT2D eigenvalue weighted by Crippen LogP contribution is 2.11. The zero-order chi connectivity index (χ0) is 14.0. The average molecular weight is 264 g/mol. The summed E-state index contributed by atoms with van der Waals surface area (Å²) in [6, 6.07) is 0. The molecule has 1 heteroatoms. The Hall–Kier alpha value is -0.740. The summed E-state index contributed by atoms with van der Waals surface area (Å²) in [6.45, 7) is 2.44. The largest absolute Gasteiger partial charge is 0.396 e. The van der Waals surface area contributed by atoms with E-state index in [0.29, 0.717) is 6.61 Å². The molecule has 0 rings (SSSR count). The van der Waals surface area contributed by atoms with Crippen LogP contribution in [-0.4, -0.2) is 11.7 Å². The van der Waals surface area contributed by atoms with Gasteiger partial charge in [0, 0.05) is 13.0 Å². The van der Waals surface area contributed by atoms with Crippen molar-refractivity contribution in [2.75, 3.05) is 6.61 Å². The van der Waals surface area contributed by atoms with Gasteiger partial charge in [-0.3, -0.25) is 0 Å². The molecule has 0 fully saturated rings. The van der Waals surface area contributed by atoms with Crippen molar-refractivity contribution in [3.63, 3.8) is 0 Å². The van der Waals surface area contributed by atoms with Crippen LogP contribution >= 0.6 is 0 Å². The zero-order valence-electron chi connectivity index (χ0n) is 12.8. The first-order valence-corrected chi connectivity index (χ1v) is 8.16. The SMILES string of the molecule is CCC#C/C=C\CCCCCCCCCCCCO. The van der Waals surface area contributed by atoms with Crippen molar-refractivity contribution in [3.8, 4) is 11.8 Å². The van der Waals surface area contributed by atoms with Crippen LogP contribution < -0.4 is 0 Å². The van der Waals surface area contributed by atoms with Gasteiger partial charge in [-0.15, -0.1) is 0 Å². The highest BCUT2D eigenvalue weighted by molar-refractivity contribution is 5.14. The molecule has 0 radical (unpaired) electrons. The average Bonchev–Trinajstić information content (AvgIpc) is 2.43. The Morgan fingerprint density at radius 3 is 1.84 bits per heavy atom. The fourth-order valence-corrected chi connectivity index (χ4v) is 2.09. The second-order valence-electron chi connectivity index (χ2n) is 5.12. The first kappa shape index (κ1) is 18.3. The number of aliphatic hydroxyl groups excluding tert-OH is 1. The predicted octanol–water partition coefficient (Wildman–Crippen LogP) is 5.24. The smallest absolute Gasteiger partial charge is 0.0431 e. The summed E-state index contributed by atoms with van der Waals surface area (Å²) in [7, 11) is 0. The van der Waals surface area contributed by atoms with Crippen LogP contribution in [-0.2, 0) is 0 Å². The van der Waals surface area contributed by atoms with Crippen molar-refractivity contribution >= 4 is 0 Å². The van der Waals surface area contributed by atoms with Crippen LogP contribution in [0.3, 0.4) is 0 Å². The Bertz CT molecular complexity index is 244. The van der Waals surface area contributed by atoms with Crippen LogP contribution in [0.1, 0.15) is 84.0 Å². The molecule has 19 heavy (non-hydrogen) atoms. The van der Waals surface area contributed by atoms with Crippen LogP contribution in [0.2, 0.25) is 0 Å². The minimum absolute atomic E-state index is 0.360. The van der Waals surface area contributed by atoms with Gasteiger partial charge in [0.1, 0.15) is 0 Å². The van der Waals surface area contributed by atoms with E-state index in [4.69, 9.17) is 5.11 Å². The van der Waals surface area contributed by atoms with Crippen LogP contribution in [0.4, 0.5) is 0 Å². The summed E-state index contributed by atoms with van der Waals surface area (Å²) >= 11 is 0. The topological polar surface area (TPSA) is 20.2 Å². The monoisotopic (exact) mass is 264 g/mol. The Morgan fingerprint density at radius 2 is 1.32 bits per heavy atom. The molecule has 0 aromatic heterocycles. The van der Waals surface area contributed by atoms with Gasteiger partial charge in [0.15, 0.2) is 0 Å². The third kappa shape index (κ3) is 17.3. The van der Waals surface area contributed by atoms with E-state index < -0.39 is 0 Å². The fraction of sp³-hybridized carbons (Fsp3) is 0.778. The third-order valence-corrected chi connectivity index (χ3v) is 3.26. The van der Waals surface area contributed by atoms with Crippen molar-refractivity contribution in [1.82, 2.24) is 0 Å². The summed E-state index contributed by atoms with van der Waals surface area (Å²) in [6.07, 6.45) is 19.3. The Kier molecular flexibility index (Phi) is 16.6. The van der Waals surface area contributed by atoms with Crippen LogP contribution in [0.25, 0.3) is 0 Å². The van der Waals surface area contributed by atoms with E-state index in [1.807, 2.05) is 6.08 Å². The van der Waals surface area contributed by atoms with Gasteiger partial charge < -0.3 is 5.11 Å². The normalized spacial score (nSPS) is 10.6. The summed E-state index contributed by atoms with van der Waals surface area (Å²) in [4.78, 5) is 0. The molecule has 0 bridgehead atoms. The Labute approximate surface area is 120 Å². The van der Waals surface area contributed by atoms with E-state index >= 15 is 0 Å². The number of allylic oxidation sites excluding steroid dienone is 2. The van der Waals surface area contributed by atoms with E-state index in [1.165, 1.54) is 64.2 Å². The maximum atomic E-state index is 8.66. The quantitative estimate of drug-likeness (QED) is 0.377. The molecule has 0 aliphatic heterocycles. The maximum absolute atomic E-state index is 8.66. The van der Waals surface area contributed by atoms with Gasteiger partial charge in [-0.25, -0.2) is 0 Å². The molecule has 110 valence electrons. The third-order valence-electron chi connectivity index (χ3n) is 3.26. The van der Waals surface area contributed by atoms with E-state index in [1.54, 1.807) is 0 Å². The second-order valence-corrected chi connectivity index (χ2v) is 5.12. The zero-order valence-corrected chi connectivity index (χ0v) is 12.8. The molecule has 0 amide bonds. The molecule has 1 N–H and O–H groups in total. The van der Waals surface area contributed by atoms with Gasteiger partial charge in [0.05, 0.1) is 0 Å². The minimum Gasteiger partial charge on any atom is -0.396 e. The van der Waals surface area contributed by atoms with Crippen LogP contribution in [0.5, 0.6) is 0 Å². The van der Waals surface area contributed by atoms with E-state index in [9.17, 15) is 0 Å². The summed E-state index contributed by atoms with van der Waals surface area (Å²) in [5.74, 6) is 6.07. The summed E-state index contributed by atoms with van der Waals surface area (Å²) in [5.41, 5.74) is 0. The minimum atomic E-state index is 0.360. The first-order chi connectivity index (χ1) is 9.41. The molecule has 0 atom stereocenters. The second kappa shape index (κ2) is 17.3. The number of rotatable bonds is 12. The molecule has 0 spiro atoms. The molecule has 0 aromatic carbocycles. The van der Waals surface area contributed by atoms with E-state index in [2.05, 4.69) is 24.8 Å². The molecule has 0 aliphatic rings. The van der Waals surface area contributed by atoms with Gasteiger partial charge in [-0.1, -0.05) is 76.2 Å². The van der Waals surface area contributed by atoms with Gasteiger partial charge in [0.2, 0.25) is 0 Å². The molecule has 0 aromatic rings. The van der Waals surface area contributed by atoms with E-state index in [0.717, 1.165) is 12.8 Å². The van der Waals surface area contributed by atoms with Crippen molar-refractivity contribution < 1.29 is 5.11 Å². The van der Waals surface area contributed by atoms with Crippen molar-refractivity contribution in [2.24, 2.45) is 0 Å². The fourth-order valence-electron chi connectivity index (χ4n) is 2.09. The van der Waals surface area contributed by atoms with Gasteiger partial charge >= 0.3 is 0 Å². The molecule has 0 saturated carbocycles. The van der Waals surface area contributed by atoms with Crippen LogP contribution in [0.15, 0.2) is 12.2 Å². The summed E-state index contributed by atoms with van der Waals surface area (Å²) < 4.78 is 0. The number of unbranched alkanes of at least 4 members (excludes halogenated alkanes) is 10. The highest BCUT2D eigenvalue weighted by atomic mass is 16.2. The summed E-state index contributed by atoms with van der Waals surface area (Å²) in [5, 5.41) is 8.66. The van der Waals surface area contributed by atoms with Gasteiger partial charge in [-0.05, 0) is 25.3 Å². The standard InChI is InChI=1S/C18H32O/c1-2-3-4-5-6-7-8-9-10-11-12-13-14-15-16-17-18-19/h5-6,19H,2,7-18H2,1H3/b6-5-. The molecule has 0 saturated heterocycles. The Morgan fingerprint density at radius 1 is 0.789 bits per heavy atom. The Balaban J connectivity index is 3.04. The van der Waals surface area contributed by atoms with Crippen molar-refractivity contribution in [1.29, 1.82) is 0 Å². The van der Waals surface area contributed by atoms with Crippen molar-refractivity contribution in [2.45, 2.75) is 84.0 Å². The lowest BCUT2D eigenvalue weighted by molar-refractivity contribution is 0.282. The lowest BCUT2D eigenvalue weighted by Crippen LogP contribution is -1.84. The van der Waals surface area contributed by atoms with Crippen LogP contribution in [0, 0.1) is 11.8 Å². The van der Waals surface area contributed by atoms with Gasteiger partial charge in [-0.2, -0.15) is 0 Å². The molecular formula is C18H32O. The lowest BCUT2D eigenvalue weighted by atomic mass is 10.1.